The van der Waals surface area contributed by atoms with Crippen LogP contribution in [0.1, 0.15) is 0 Å². The Balaban J connectivity index is 1.19. The van der Waals surface area contributed by atoms with Gasteiger partial charge in [-0.05, 0) is 71.8 Å². The minimum atomic E-state index is 0.174. The van der Waals surface area contributed by atoms with Gasteiger partial charge >= 0.3 is 0 Å². The van der Waals surface area contributed by atoms with E-state index in [0.717, 1.165) is 60.9 Å². The van der Waals surface area contributed by atoms with Gasteiger partial charge in [-0.3, -0.25) is 0 Å². The molecule has 2 aromatic heterocycles. The summed E-state index contributed by atoms with van der Waals surface area (Å²) in [6.07, 6.45) is 0. The standard InChI is InChI=1S/C48H31BN2O2/c49-41-18-6-12-24-48(41)53-34-28-32(27-33(30-34)50-43-20-8-2-14-36(43)37-15-3-9-21-44(37)50)40-29-31(25-26-47(40)52)35-13-1-7-19-42(35)51-45-22-10-4-16-38(45)39-17-5-11-23-46(39)51/h1-30,52H. The Labute approximate surface area is 307 Å². The zero-order valence-electron chi connectivity index (χ0n) is 28.6. The number of phenolic OH excluding ortho intramolecular Hbond substituents is 1. The molecule has 2 heterocycles. The normalized spacial score (nSPS) is 11.5. The van der Waals surface area contributed by atoms with E-state index in [-0.39, 0.29) is 5.75 Å². The number of hydrogen-bond donors (Lipinski definition) is 1. The van der Waals surface area contributed by atoms with E-state index in [2.05, 4.69) is 143 Å². The first-order valence-corrected chi connectivity index (χ1v) is 17.7. The van der Waals surface area contributed by atoms with E-state index in [1.807, 2.05) is 42.5 Å². The van der Waals surface area contributed by atoms with Gasteiger partial charge in [-0.1, -0.05) is 121 Å². The van der Waals surface area contributed by atoms with Crippen molar-refractivity contribution in [3.63, 3.8) is 0 Å². The summed E-state index contributed by atoms with van der Waals surface area (Å²) < 4.78 is 11.1. The molecule has 5 heteroatoms. The largest absolute Gasteiger partial charge is 0.507 e. The average molecular weight is 679 g/mol. The van der Waals surface area contributed by atoms with E-state index in [9.17, 15) is 5.11 Å². The third kappa shape index (κ3) is 5.09. The van der Waals surface area contributed by atoms with Gasteiger partial charge in [0.05, 0.1) is 33.4 Å². The van der Waals surface area contributed by atoms with Crippen LogP contribution < -0.4 is 10.2 Å². The number of hydrogen-bond acceptors (Lipinski definition) is 2. The number of aromatic nitrogens is 2. The smallest absolute Gasteiger partial charge is 0.130 e. The maximum Gasteiger partial charge on any atom is 0.130 e. The van der Waals surface area contributed by atoms with E-state index in [1.165, 1.54) is 10.8 Å². The summed E-state index contributed by atoms with van der Waals surface area (Å²) in [5, 5.41) is 16.3. The van der Waals surface area contributed by atoms with Crippen LogP contribution in [-0.4, -0.2) is 22.1 Å². The Morgan fingerprint density at radius 3 is 1.58 bits per heavy atom. The minimum absolute atomic E-state index is 0.174. The second-order valence-corrected chi connectivity index (χ2v) is 13.3. The molecule has 0 amide bonds. The van der Waals surface area contributed by atoms with Crippen molar-refractivity contribution in [3.8, 4) is 50.9 Å². The third-order valence-electron chi connectivity index (χ3n) is 10.2. The van der Waals surface area contributed by atoms with Crippen LogP contribution in [0.2, 0.25) is 0 Å². The van der Waals surface area contributed by atoms with Crippen molar-refractivity contribution in [2.45, 2.75) is 0 Å². The van der Waals surface area contributed by atoms with Crippen molar-refractivity contribution < 1.29 is 9.84 Å². The highest BCUT2D eigenvalue weighted by atomic mass is 16.5. The predicted octanol–water partition coefficient (Wildman–Crippen LogP) is 11.5. The molecular weight excluding hydrogens is 647 g/mol. The molecule has 0 aliphatic rings. The number of ether oxygens (including phenoxy) is 1. The number of rotatable bonds is 6. The second-order valence-electron chi connectivity index (χ2n) is 13.3. The molecule has 0 fully saturated rings. The SMILES string of the molecule is [B]c1ccccc1Oc1cc(-c2cc(-c3ccccc3-n3c4ccccc4c4ccccc43)ccc2O)cc(-n2c3ccccc3c3ccccc32)c1. The number of phenols is 1. The van der Waals surface area contributed by atoms with E-state index in [4.69, 9.17) is 12.6 Å². The molecule has 1 N–H and O–H groups in total. The van der Waals surface area contributed by atoms with E-state index < -0.39 is 0 Å². The molecule has 0 saturated carbocycles. The number of aromatic hydroxyl groups is 1. The van der Waals surface area contributed by atoms with Crippen LogP contribution in [0.3, 0.4) is 0 Å². The molecule has 0 saturated heterocycles. The molecular formula is C48H31BN2O2. The Hall–Kier alpha value is -6.98. The van der Waals surface area contributed by atoms with Gasteiger partial charge in [-0.2, -0.15) is 0 Å². The summed E-state index contributed by atoms with van der Waals surface area (Å²) in [4.78, 5) is 0. The first-order chi connectivity index (χ1) is 26.1. The number of fused-ring (bicyclic) bond motifs is 6. The molecule has 0 aliphatic carbocycles. The predicted molar refractivity (Wildman–Crippen MR) is 220 cm³/mol. The molecule has 8 aromatic carbocycles. The summed E-state index contributed by atoms with van der Waals surface area (Å²) >= 11 is 0. The fourth-order valence-corrected chi connectivity index (χ4v) is 7.86. The number of benzene rings is 8. The van der Waals surface area contributed by atoms with Gasteiger partial charge in [-0.15, -0.1) is 0 Å². The lowest BCUT2D eigenvalue weighted by molar-refractivity contribution is 0.477. The van der Waals surface area contributed by atoms with Crippen LogP contribution in [0.4, 0.5) is 0 Å². The van der Waals surface area contributed by atoms with Gasteiger partial charge in [0.15, 0.2) is 0 Å². The van der Waals surface area contributed by atoms with Crippen LogP contribution in [0, 0.1) is 0 Å². The second kappa shape index (κ2) is 12.4. The van der Waals surface area contributed by atoms with Gasteiger partial charge in [-0.25, -0.2) is 0 Å². The zero-order valence-corrected chi connectivity index (χ0v) is 28.6. The molecule has 4 nitrogen and oxygen atoms in total. The molecule has 0 spiro atoms. The van der Waals surface area contributed by atoms with Gasteiger partial charge in [0.2, 0.25) is 0 Å². The lowest BCUT2D eigenvalue weighted by Crippen LogP contribution is -2.05. The van der Waals surface area contributed by atoms with Crippen LogP contribution in [0.25, 0.3) is 77.2 Å². The van der Waals surface area contributed by atoms with Crippen molar-refractivity contribution in [3.05, 3.63) is 182 Å². The van der Waals surface area contributed by atoms with Crippen LogP contribution in [0.15, 0.2) is 182 Å². The molecule has 53 heavy (non-hydrogen) atoms. The van der Waals surface area contributed by atoms with E-state index >= 15 is 0 Å². The third-order valence-corrected chi connectivity index (χ3v) is 10.2. The summed E-state index contributed by atoms with van der Waals surface area (Å²) in [5.74, 6) is 1.34. The van der Waals surface area contributed by atoms with Crippen molar-refractivity contribution >= 4 is 56.9 Å². The lowest BCUT2D eigenvalue weighted by atomic mass is 9.95. The minimum Gasteiger partial charge on any atom is -0.507 e. The molecule has 10 rings (SSSR count). The molecule has 0 bridgehead atoms. The van der Waals surface area contributed by atoms with Crippen LogP contribution >= 0.6 is 0 Å². The van der Waals surface area contributed by atoms with Gasteiger partial charge < -0.3 is 19.0 Å². The first kappa shape index (κ1) is 30.8. The van der Waals surface area contributed by atoms with E-state index in [1.54, 1.807) is 6.07 Å². The molecule has 2 radical (unpaired) electrons. The fraction of sp³-hybridized carbons (Fsp3) is 0. The highest BCUT2D eigenvalue weighted by molar-refractivity contribution is 6.34. The Kier molecular flexibility index (Phi) is 7.19. The summed E-state index contributed by atoms with van der Waals surface area (Å²) in [5.41, 5.74) is 10.5. The van der Waals surface area contributed by atoms with Crippen LogP contribution in [-0.2, 0) is 0 Å². The van der Waals surface area contributed by atoms with Crippen LogP contribution in [0.5, 0.6) is 17.2 Å². The van der Waals surface area contributed by atoms with Gasteiger partial charge in [0, 0.05) is 38.7 Å². The molecule has 0 aliphatic heterocycles. The molecule has 0 unspecified atom stereocenters. The van der Waals surface area contributed by atoms with E-state index in [0.29, 0.717) is 22.5 Å². The van der Waals surface area contributed by atoms with Crippen molar-refractivity contribution in [1.82, 2.24) is 9.13 Å². The molecule has 248 valence electrons. The van der Waals surface area contributed by atoms with Crippen molar-refractivity contribution in [2.24, 2.45) is 0 Å². The monoisotopic (exact) mass is 678 g/mol. The number of nitrogens with zero attached hydrogens (tertiary/aromatic N) is 2. The molecule has 0 atom stereocenters. The number of para-hydroxylation sites is 6. The van der Waals surface area contributed by atoms with Crippen molar-refractivity contribution in [1.29, 1.82) is 0 Å². The topological polar surface area (TPSA) is 39.3 Å². The zero-order chi connectivity index (χ0) is 35.5. The van der Waals surface area contributed by atoms with Gasteiger partial charge in [0.1, 0.15) is 25.1 Å². The highest BCUT2D eigenvalue weighted by Gasteiger charge is 2.19. The summed E-state index contributed by atoms with van der Waals surface area (Å²) in [6.45, 7) is 0. The molecule has 10 aromatic rings. The Bertz CT molecular complexity index is 2920. The summed E-state index contributed by atoms with van der Waals surface area (Å²) in [7, 11) is 6.36. The van der Waals surface area contributed by atoms with Crippen molar-refractivity contribution in [2.75, 3.05) is 0 Å². The maximum atomic E-state index is 11.6. The maximum absolute atomic E-state index is 11.6. The summed E-state index contributed by atoms with van der Waals surface area (Å²) in [6, 6.07) is 61.9. The quantitative estimate of drug-likeness (QED) is 0.178. The van der Waals surface area contributed by atoms with Gasteiger partial charge in [0.25, 0.3) is 0 Å². The lowest BCUT2D eigenvalue weighted by Gasteiger charge is -2.17. The highest BCUT2D eigenvalue weighted by Crippen LogP contribution is 2.42. The fourth-order valence-electron chi connectivity index (χ4n) is 7.86. The Morgan fingerprint density at radius 1 is 0.434 bits per heavy atom. The Morgan fingerprint density at radius 2 is 0.962 bits per heavy atom. The first-order valence-electron chi connectivity index (χ1n) is 17.7. The average Bonchev–Trinajstić information content (AvgIpc) is 3.72.